The molecule has 3 atom stereocenters. The first kappa shape index (κ1) is 19.7. The third kappa shape index (κ3) is 3.47. The third-order valence-corrected chi connectivity index (χ3v) is 6.68. The topological polar surface area (TPSA) is 88.0 Å². The van der Waals surface area contributed by atoms with E-state index in [2.05, 4.69) is 39.7 Å². The standard InChI is InChI=1S/C25H25N7O/c1-16(17-6-3-2-4-7-17)28-24-26-13-12-23(30-24)31-15-27-20-14-18(10-11-21(20)31)32-22-9-5-8-19(22)29-25(32)33/h2-4,6-7,10-16,19,22H,5,8-9H2,1H3,(H,29,33)(H,26,28,30)/t16-,19?,22?/m0/s1. The van der Waals surface area contributed by atoms with Gasteiger partial charge in [-0.15, -0.1) is 0 Å². The van der Waals surface area contributed by atoms with Crippen LogP contribution in [0, 0.1) is 0 Å². The second-order valence-corrected chi connectivity index (χ2v) is 8.73. The molecule has 4 aromatic rings. The van der Waals surface area contributed by atoms with Crippen LogP contribution in [0.3, 0.4) is 0 Å². The molecule has 2 fully saturated rings. The molecule has 6 rings (SSSR count). The Hall–Kier alpha value is -3.94. The number of urea groups is 1. The van der Waals surface area contributed by atoms with Gasteiger partial charge < -0.3 is 10.6 Å². The molecule has 1 aliphatic heterocycles. The van der Waals surface area contributed by atoms with Crippen LogP contribution < -0.4 is 15.5 Å². The molecule has 0 radical (unpaired) electrons. The Kier molecular flexibility index (Phi) is 4.71. The van der Waals surface area contributed by atoms with Crippen molar-refractivity contribution < 1.29 is 4.79 Å². The maximum absolute atomic E-state index is 12.5. The predicted molar refractivity (Wildman–Crippen MR) is 128 cm³/mol. The SMILES string of the molecule is C[C@H](Nc1nccc(-n2cnc3cc(N4C(=O)NC5CCCC54)ccc32)n1)c1ccccc1. The van der Waals surface area contributed by atoms with Crippen LogP contribution in [0.5, 0.6) is 0 Å². The van der Waals surface area contributed by atoms with Gasteiger partial charge in [0.1, 0.15) is 12.1 Å². The number of nitrogens with one attached hydrogen (secondary N) is 2. The number of rotatable bonds is 5. The minimum Gasteiger partial charge on any atom is -0.348 e. The largest absolute Gasteiger partial charge is 0.348 e. The zero-order chi connectivity index (χ0) is 22.4. The van der Waals surface area contributed by atoms with E-state index in [9.17, 15) is 4.79 Å². The average molecular weight is 440 g/mol. The van der Waals surface area contributed by atoms with Crippen LogP contribution in [0.1, 0.15) is 37.8 Å². The van der Waals surface area contributed by atoms with Crippen molar-refractivity contribution >= 4 is 28.7 Å². The first-order chi connectivity index (χ1) is 16.2. The van der Waals surface area contributed by atoms with Crippen molar-refractivity contribution in [3.63, 3.8) is 0 Å². The van der Waals surface area contributed by atoms with E-state index in [4.69, 9.17) is 4.98 Å². The Balaban J connectivity index is 1.28. The summed E-state index contributed by atoms with van der Waals surface area (Å²) in [5, 5.41) is 6.49. The monoisotopic (exact) mass is 439 g/mol. The predicted octanol–water partition coefficient (Wildman–Crippen LogP) is 4.44. The van der Waals surface area contributed by atoms with Crippen LogP contribution >= 0.6 is 0 Å². The quantitative estimate of drug-likeness (QED) is 0.480. The molecule has 0 bridgehead atoms. The van der Waals surface area contributed by atoms with Gasteiger partial charge in [-0.2, -0.15) is 4.98 Å². The van der Waals surface area contributed by atoms with Gasteiger partial charge in [-0.25, -0.2) is 14.8 Å². The highest BCUT2D eigenvalue weighted by molar-refractivity contribution is 5.97. The molecule has 2 amide bonds. The number of hydrogen-bond acceptors (Lipinski definition) is 5. The second kappa shape index (κ2) is 7.88. The summed E-state index contributed by atoms with van der Waals surface area (Å²) in [5.74, 6) is 1.29. The maximum Gasteiger partial charge on any atom is 0.322 e. The summed E-state index contributed by atoms with van der Waals surface area (Å²) in [6, 6.07) is 18.6. The zero-order valence-corrected chi connectivity index (χ0v) is 18.3. The molecular formula is C25H25N7O. The van der Waals surface area contributed by atoms with Gasteiger partial charge in [0, 0.05) is 11.9 Å². The molecule has 1 saturated heterocycles. The van der Waals surface area contributed by atoms with E-state index >= 15 is 0 Å². The molecule has 8 nitrogen and oxygen atoms in total. The van der Waals surface area contributed by atoms with Crippen LogP contribution in [-0.4, -0.2) is 37.6 Å². The Bertz CT molecular complexity index is 1320. The van der Waals surface area contributed by atoms with Crippen molar-refractivity contribution in [2.75, 3.05) is 10.2 Å². The Morgan fingerprint density at radius 3 is 2.85 bits per heavy atom. The third-order valence-electron chi connectivity index (χ3n) is 6.68. The van der Waals surface area contributed by atoms with Crippen molar-refractivity contribution in [3.05, 3.63) is 72.7 Å². The summed E-state index contributed by atoms with van der Waals surface area (Å²) < 4.78 is 1.95. The van der Waals surface area contributed by atoms with Gasteiger partial charge in [-0.1, -0.05) is 30.3 Å². The summed E-state index contributed by atoms with van der Waals surface area (Å²) in [6.45, 7) is 2.09. The lowest BCUT2D eigenvalue weighted by molar-refractivity contribution is 0.250. The van der Waals surface area contributed by atoms with Crippen molar-refractivity contribution in [1.29, 1.82) is 0 Å². The van der Waals surface area contributed by atoms with Crippen LogP contribution in [0.4, 0.5) is 16.4 Å². The lowest BCUT2D eigenvalue weighted by atomic mass is 10.1. The Labute approximate surface area is 191 Å². The lowest BCUT2D eigenvalue weighted by Gasteiger charge is -2.22. The molecule has 2 unspecified atom stereocenters. The molecule has 8 heteroatoms. The van der Waals surface area contributed by atoms with Crippen molar-refractivity contribution in [2.45, 2.75) is 44.3 Å². The average Bonchev–Trinajstić information content (AvgIpc) is 3.53. The number of carbonyl (C=O) groups is 1. The van der Waals surface area contributed by atoms with Crippen LogP contribution in [-0.2, 0) is 0 Å². The summed E-state index contributed by atoms with van der Waals surface area (Å²) in [5.41, 5.74) is 3.82. The zero-order valence-electron chi connectivity index (χ0n) is 18.3. The van der Waals surface area contributed by atoms with Gasteiger partial charge in [0.15, 0.2) is 0 Å². The highest BCUT2D eigenvalue weighted by Gasteiger charge is 2.42. The summed E-state index contributed by atoms with van der Waals surface area (Å²) >= 11 is 0. The minimum atomic E-state index is -0.0115. The van der Waals surface area contributed by atoms with Crippen molar-refractivity contribution in [1.82, 2.24) is 24.8 Å². The fourth-order valence-corrected chi connectivity index (χ4v) is 5.01. The number of fused-ring (bicyclic) bond motifs is 2. The number of carbonyl (C=O) groups excluding carboxylic acids is 1. The van der Waals surface area contributed by atoms with Gasteiger partial charge in [0.2, 0.25) is 5.95 Å². The van der Waals surface area contributed by atoms with E-state index in [1.165, 1.54) is 5.56 Å². The van der Waals surface area contributed by atoms with E-state index in [-0.39, 0.29) is 24.2 Å². The molecule has 1 aliphatic carbocycles. The molecule has 166 valence electrons. The molecular weight excluding hydrogens is 414 g/mol. The number of anilines is 2. The van der Waals surface area contributed by atoms with Gasteiger partial charge in [0.25, 0.3) is 0 Å². The smallest absolute Gasteiger partial charge is 0.322 e. The van der Waals surface area contributed by atoms with Crippen LogP contribution in [0.25, 0.3) is 16.9 Å². The number of aromatic nitrogens is 4. The van der Waals surface area contributed by atoms with Crippen LogP contribution in [0.2, 0.25) is 0 Å². The Morgan fingerprint density at radius 1 is 1.09 bits per heavy atom. The van der Waals surface area contributed by atoms with E-state index < -0.39 is 0 Å². The maximum atomic E-state index is 12.5. The fourth-order valence-electron chi connectivity index (χ4n) is 5.01. The molecule has 2 N–H and O–H groups in total. The summed E-state index contributed by atoms with van der Waals surface area (Å²) in [4.78, 5) is 28.1. The van der Waals surface area contributed by atoms with E-state index in [1.807, 2.05) is 51.9 Å². The molecule has 33 heavy (non-hydrogen) atoms. The number of imidazole rings is 1. The molecule has 2 aliphatic rings. The van der Waals surface area contributed by atoms with E-state index in [0.29, 0.717) is 5.95 Å². The normalized spacial score (nSPS) is 20.6. The molecule has 2 aromatic carbocycles. The number of benzene rings is 2. The van der Waals surface area contributed by atoms with Crippen LogP contribution in [0.15, 0.2) is 67.1 Å². The highest BCUT2D eigenvalue weighted by atomic mass is 16.2. The van der Waals surface area contributed by atoms with Gasteiger partial charge >= 0.3 is 6.03 Å². The van der Waals surface area contributed by atoms with Crippen molar-refractivity contribution in [2.24, 2.45) is 0 Å². The van der Waals surface area contributed by atoms with Gasteiger partial charge in [-0.3, -0.25) is 9.47 Å². The summed E-state index contributed by atoms with van der Waals surface area (Å²) in [6.07, 6.45) is 6.75. The first-order valence-corrected chi connectivity index (χ1v) is 11.4. The number of hydrogen-bond donors (Lipinski definition) is 2. The minimum absolute atomic E-state index is 0.0115. The number of amides is 2. The summed E-state index contributed by atoms with van der Waals surface area (Å²) in [7, 11) is 0. The fraction of sp³-hybridized carbons (Fsp3) is 0.280. The Morgan fingerprint density at radius 2 is 1.97 bits per heavy atom. The molecule has 2 aromatic heterocycles. The second-order valence-electron chi connectivity index (χ2n) is 8.73. The van der Waals surface area contributed by atoms with Crippen molar-refractivity contribution in [3.8, 4) is 5.82 Å². The number of nitrogens with zero attached hydrogens (tertiary/aromatic N) is 5. The van der Waals surface area contributed by atoms with Gasteiger partial charge in [0.05, 0.1) is 29.2 Å². The van der Waals surface area contributed by atoms with E-state index in [0.717, 1.165) is 41.8 Å². The molecule has 1 saturated carbocycles. The van der Waals surface area contributed by atoms with E-state index in [1.54, 1.807) is 12.5 Å². The highest BCUT2D eigenvalue weighted by Crippen LogP contribution is 2.34. The first-order valence-electron chi connectivity index (χ1n) is 11.4. The molecule has 0 spiro atoms. The lowest BCUT2D eigenvalue weighted by Crippen LogP contribution is -2.33. The molecule has 3 heterocycles. The van der Waals surface area contributed by atoms with Gasteiger partial charge in [-0.05, 0) is 56.0 Å².